The second kappa shape index (κ2) is 4.64. The third-order valence-electron chi connectivity index (χ3n) is 2.53. The van der Waals surface area contributed by atoms with Gasteiger partial charge in [0.25, 0.3) is 0 Å². The number of rotatable bonds is 2. The maximum Gasteiger partial charge on any atom is 0.0730 e. The molecule has 1 nitrogen and oxygen atoms in total. The van der Waals surface area contributed by atoms with E-state index in [9.17, 15) is 0 Å². The predicted octanol–water partition coefficient (Wildman–Crippen LogP) is 4.29. The largest absolute Gasteiger partial charge is 0.381 e. The predicted molar refractivity (Wildman–Crippen MR) is 67.4 cm³/mol. The van der Waals surface area contributed by atoms with Gasteiger partial charge in [-0.25, -0.2) is 0 Å². The van der Waals surface area contributed by atoms with Crippen molar-refractivity contribution in [3.8, 4) is 0 Å². The lowest BCUT2D eigenvalue weighted by molar-refractivity contribution is 0.186. The molecule has 1 aliphatic heterocycles. The molecule has 0 radical (unpaired) electrons. The average Bonchev–Trinajstić information content (AvgIpc) is 2.76. The van der Waals surface area contributed by atoms with E-state index in [2.05, 4.69) is 44.8 Å². The molecule has 78 valence electrons. The summed E-state index contributed by atoms with van der Waals surface area (Å²) < 4.78 is 6.65. The summed E-state index contributed by atoms with van der Waals surface area (Å²) in [6.07, 6.45) is 1.17. The summed E-state index contributed by atoms with van der Waals surface area (Å²) >= 11 is 9.15. The van der Waals surface area contributed by atoms with Crippen LogP contribution in [0.2, 0.25) is 0 Å². The van der Waals surface area contributed by atoms with Crippen LogP contribution in [0.5, 0.6) is 0 Å². The van der Waals surface area contributed by atoms with E-state index >= 15 is 0 Å². The first-order valence-corrected chi connectivity index (χ1v) is 7.18. The van der Waals surface area contributed by atoms with Crippen LogP contribution in [0, 0.1) is 12.8 Å². The molecule has 1 aliphatic rings. The van der Waals surface area contributed by atoms with Crippen LogP contribution in [0.1, 0.15) is 21.7 Å². The number of thiophene rings is 1. The van der Waals surface area contributed by atoms with Gasteiger partial charge in [-0.3, -0.25) is 0 Å². The Kier molecular flexibility index (Phi) is 3.68. The zero-order chi connectivity index (χ0) is 10.1. The molecular weight excluding hydrogens is 328 g/mol. The summed E-state index contributed by atoms with van der Waals surface area (Å²) in [6.45, 7) is 3.94. The molecule has 14 heavy (non-hydrogen) atoms. The Morgan fingerprint density at radius 1 is 1.64 bits per heavy atom. The Morgan fingerprint density at radius 3 is 2.93 bits per heavy atom. The Hall–Kier alpha value is 0.620. The molecule has 4 heteroatoms. The number of alkyl halides is 1. The van der Waals surface area contributed by atoms with Gasteiger partial charge < -0.3 is 4.74 Å². The van der Waals surface area contributed by atoms with Crippen molar-refractivity contribution in [2.24, 2.45) is 5.92 Å². The normalized spacial score (nSPS) is 24.1. The Morgan fingerprint density at radius 2 is 2.43 bits per heavy atom. The van der Waals surface area contributed by atoms with Crippen LogP contribution < -0.4 is 0 Å². The van der Waals surface area contributed by atoms with Gasteiger partial charge in [0.2, 0.25) is 0 Å². The molecule has 1 fully saturated rings. The lowest BCUT2D eigenvalue weighted by atomic mass is 10.0. The maximum atomic E-state index is 5.40. The topological polar surface area (TPSA) is 9.23 Å². The zero-order valence-corrected chi connectivity index (χ0v) is 11.9. The third-order valence-corrected chi connectivity index (χ3v) is 6.29. The lowest BCUT2D eigenvalue weighted by Gasteiger charge is -2.13. The molecule has 2 unspecified atom stereocenters. The van der Waals surface area contributed by atoms with E-state index in [0.717, 1.165) is 13.2 Å². The molecular formula is C10H12Br2OS. The molecule has 0 aromatic carbocycles. The van der Waals surface area contributed by atoms with Crippen LogP contribution in [-0.4, -0.2) is 13.2 Å². The van der Waals surface area contributed by atoms with Gasteiger partial charge in [-0.15, -0.1) is 11.3 Å². The van der Waals surface area contributed by atoms with Crippen molar-refractivity contribution in [3.05, 3.63) is 20.3 Å². The first-order valence-electron chi connectivity index (χ1n) is 4.66. The van der Waals surface area contributed by atoms with Crippen molar-refractivity contribution < 1.29 is 4.74 Å². The molecule has 0 bridgehead atoms. The molecule has 2 heterocycles. The monoisotopic (exact) mass is 338 g/mol. The lowest BCUT2D eigenvalue weighted by Crippen LogP contribution is -2.05. The Bertz CT molecular complexity index is 298. The molecule has 2 atom stereocenters. The van der Waals surface area contributed by atoms with E-state index in [1.54, 1.807) is 0 Å². The van der Waals surface area contributed by atoms with Crippen molar-refractivity contribution in [2.45, 2.75) is 18.2 Å². The van der Waals surface area contributed by atoms with E-state index < -0.39 is 0 Å². The van der Waals surface area contributed by atoms with Crippen molar-refractivity contribution in [2.75, 3.05) is 13.2 Å². The molecule has 0 saturated carbocycles. The number of hydrogen-bond donors (Lipinski definition) is 0. The van der Waals surface area contributed by atoms with E-state index in [1.807, 2.05) is 11.3 Å². The average molecular weight is 340 g/mol. The van der Waals surface area contributed by atoms with E-state index in [-0.39, 0.29) is 0 Å². The van der Waals surface area contributed by atoms with E-state index in [0.29, 0.717) is 10.7 Å². The Balaban J connectivity index is 2.13. The van der Waals surface area contributed by atoms with Gasteiger partial charge in [0, 0.05) is 17.4 Å². The summed E-state index contributed by atoms with van der Waals surface area (Å²) in [7, 11) is 0. The summed E-state index contributed by atoms with van der Waals surface area (Å²) in [5, 5.41) is 0. The number of halogens is 2. The van der Waals surface area contributed by atoms with Gasteiger partial charge in [0.1, 0.15) is 0 Å². The van der Waals surface area contributed by atoms with Crippen molar-refractivity contribution in [1.29, 1.82) is 0 Å². The van der Waals surface area contributed by atoms with Crippen molar-refractivity contribution in [1.82, 2.24) is 0 Å². The van der Waals surface area contributed by atoms with Crippen molar-refractivity contribution in [3.63, 3.8) is 0 Å². The fourth-order valence-corrected chi connectivity index (χ4v) is 4.11. The summed E-state index contributed by atoms with van der Waals surface area (Å²) in [6, 6.07) is 2.26. The minimum absolute atomic E-state index is 0.458. The number of hydrogen-bond acceptors (Lipinski definition) is 2. The molecule has 1 aromatic rings. The van der Waals surface area contributed by atoms with Gasteiger partial charge in [-0.1, -0.05) is 15.9 Å². The highest BCUT2D eigenvalue weighted by atomic mass is 79.9. The van der Waals surface area contributed by atoms with Gasteiger partial charge in [0.15, 0.2) is 0 Å². The summed E-state index contributed by atoms with van der Waals surface area (Å²) in [5.41, 5.74) is 1.33. The van der Waals surface area contributed by atoms with Crippen LogP contribution >= 0.6 is 43.2 Å². The van der Waals surface area contributed by atoms with Crippen LogP contribution in [-0.2, 0) is 4.74 Å². The summed E-state index contributed by atoms with van der Waals surface area (Å²) in [5.74, 6) is 0.639. The molecule has 0 aliphatic carbocycles. The first-order chi connectivity index (χ1) is 6.68. The molecule has 2 rings (SSSR count). The van der Waals surface area contributed by atoms with Gasteiger partial charge in [-0.05, 0) is 40.9 Å². The van der Waals surface area contributed by atoms with Gasteiger partial charge >= 0.3 is 0 Å². The number of ether oxygens (including phenoxy) is 1. The fraction of sp³-hybridized carbons (Fsp3) is 0.600. The second-order valence-electron chi connectivity index (χ2n) is 3.63. The molecule has 0 spiro atoms. The minimum atomic E-state index is 0.458. The zero-order valence-electron chi connectivity index (χ0n) is 7.93. The summed E-state index contributed by atoms with van der Waals surface area (Å²) in [4.78, 5) is 1.87. The molecule has 1 saturated heterocycles. The van der Waals surface area contributed by atoms with Crippen LogP contribution in [0.15, 0.2) is 9.85 Å². The van der Waals surface area contributed by atoms with E-state index in [4.69, 9.17) is 4.74 Å². The highest BCUT2D eigenvalue weighted by Crippen LogP contribution is 2.41. The smallest absolute Gasteiger partial charge is 0.0730 e. The highest BCUT2D eigenvalue weighted by Gasteiger charge is 2.26. The quantitative estimate of drug-likeness (QED) is 0.730. The molecule has 0 N–H and O–H groups in total. The first kappa shape index (κ1) is 11.1. The van der Waals surface area contributed by atoms with Crippen LogP contribution in [0.25, 0.3) is 0 Å². The third kappa shape index (κ3) is 2.23. The number of aryl methyl sites for hydroxylation is 1. The molecule has 0 amide bonds. The Labute approximate surface area is 105 Å². The minimum Gasteiger partial charge on any atom is -0.381 e. The fourth-order valence-electron chi connectivity index (χ4n) is 1.64. The van der Waals surface area contributed by atoms with Crippen molar-refractivity contribution >= 4 is 43.2 Å². The van der Waals surface area contributed by atoms with E-state index in [1.165, 1.54) is 20.6 Å². The second-order valence-corrected chi connectivity index (χ2v) is 7.02. The van der Waals surface area contributed by atoms with Crippen LogP contribution in [0.4, 0.5) is 0 Å². The highest BCUT2D eigenvalue weighted by molar-refractivity contribution is 9.11. The maximum absolute atomic E-state index is 5.40. The standard InChI is InChI=1S/C10H12Br2OS/c1-6-4-8(14-10(6)12)9(11)7-2-3-13-5-7/h4,7,9H,2-3,5H2,1H3. The van der Waals surface area contributed by atoms with Gasteiger partial charge in [-0.2, -0.15) is 0 Å². The van der Waals surface area contributed by atoms with Crippen LogP contribution in [0.3, 0.4) is 0 Å². The van der Waals surface area contributed by atoms with Gasteiger partial charge in [0.05, 0.1) is 15.2 Å². The molecule has 1 aromatic heterocycles. The SMILES string of the molecule is Cc1cc(C(Br)C2CCOC2)sc1Br.